The molecule has 0 spiro atoms. The highest BCUT2D eigenvalue weighted by molar-refractivity contribution is 6.34. The fourth-order valence-electron chi connectivity index (χ4n) is 4.29. The van der Waals surface area contributed by atoms with Crippen molar-refractivity contribution >= 4 is 28.3 Å². The summed E-state index contributed by atoms with van der Waals surface area (Å²) in [6.07, 6.45) is 4.75. The van der Waals surface area contributed by atoms with E-state index in [2.05, 4.69) is 21.4 Å². The molecule has 2 aliphatic rings. The van der Waals surface area contributed by atoms with Crippen molar-refractivity contribution in [3.63, 3.8) is 0 Å². The van der Waals surface area contributed by atoms with Gasteiger partial charge in [-0.3, -0.25) is 4.90 Å². The maximum atomic E-state index is 14.7. The monoisotopic (exact) mass is 438 g/mol. The number of aromatic nitrogens is 2. The van der Waals surface area contributed by atoms with E-state index in [9.17, 15) is 9.50 Å². The third-order valence-corrected chi connectivity index (χ3v) is 6.54. The van der Waals surface area contributed by atoms with Crippen LogP contribution in [0.2, 0.25) is 5.02 Å². The van der Waals surface area contributed by atoms with Crippen LogP contribution in [0.1, 0.15) is 24.3 Å². The SMILES string of the molecule is C=CC(O)N1CCN(c2ncnc3cc(-c4cc(C5CC5)ccc4F)c(Cl)cc23)CC1. The van der Waals surface area contributed by atoms with Crippen LogP contribution in [-0.2, 0) is 0 Å². The Morgan fingerprint density at radius 2 is 1.87 bits per heavy atom. The second-order valence-corrected chi connectivity index (χ2v) is 8.64. The summed E-state index contributed by atoms with van der Waals surface area (Å²) in [6.45, 7) is 6.48. The van der Waals surface area contributed by atoms with Gasteiger partial charge in [-0.25, -0.2) is 14.4 Å². The summed E-state index contributed by atoms with van der Waals surface area (Å²) in [6, 6.07) is 9.03. The van der Waals surface area contributed by atoms with E-state index in [1.807, 2.05) is 29.2 Å². The van der Waals surface area contributed by atoms with Crippen molar-refractivity contribution in [3.05, 3.63) is 65.7 Å². The Labute approximate surface area is 185 Å². The first-order valence-electron chi connectivity index (χ1n) is 10.6. The highest BCUT2D eigenvalue weighted by atomic mass is 35.5. The molecule has 2 aromatic carbocycles. The van der Waals surface area contributed by atoms with Gasteiger partial charge in [-0.05, 0) is 54.7 Å². The number of nitrogens with zero attached hydrogens (tertiary/aromatic N) is 4. The number of aliphatic hydroxyl groups is 1. The number of fused-ring (bicyclic) bond motifs is 1. The minimum Gasteiger partial charge on any atom is -0.375 e. The van der Waals surface area contributed by atoms with Gasteiger partial charge >= 0.3 is 0 Å². The zero-order valence-electron chi connectivity index (χ0n) is 17.1. The van der Waals surface area contributed by atoms with Gasteiger partial charge in [0, 0.05) is 47.7 Å². The molecular weight excluding hydrogens is 415 g/mol. The first-order valence-corrected chi connectivity index (χ1v) is 11.0. The van der Waals surface area contributed by atoms with Gasteiger partial charge in [-0.15, -0.1) is 0 Å². The van der Waals surface area contributed by atoms with E-state index in [1.54, 1.807) is 0 Å². The molecule has 31 heavy (non-hydrogen) atoms. The quantitative estimate of drug-likeness (QED) is 0.590. The fraction of sp³-hybridized carbons (Fsp3) is 0.333. The molecule has 3 aromatic rings. The summed E-state index contributed by atoms with van der Waals surface area (Å²) in [4.78, 5) is 13.1. The van der Waals surface area contributed by atoms with Gasteiger partial charge in [0.2, 0.25) is 0 Å². The Morgan fingerprint density at radius 1 is 1.10 bits per heavy atom. The average Bonchev–Trinajstić information content (AvgIpc) is 3.64. The molecule has 1 saturated heterocycles. The van der Waals surface area contributed by atoms with Crippen LogP contribution in [0, 0.1) is 5.82 Å². The molecule has 2 fully saturated rings. The molecule has 2 heterocycles. The minimum atomic E-state index is -0.636. The van der Waals surface area contributed by atoms with Crippen molar-refractivity contribution in [3.8, 4) is 11.1 Å². The third kappa shape index (κ3) is 3.91. The second-order valence-electron chi connectivity index (χ2n) is 8.23. The lowest BCUT2D eigenvalue weighted by molar-refractivity contribution is 0.0380. The van der Waals surface area contributed by atoms with Gasteiger partial charge in [0.25, 0.3) is 0 Å². The van der Waals surface area contributed by atoms with Crippen LogP contribution in [0.5, 0.6) is 0 Å². The zero-order chi connectivity index (χ0) is 21.5. The Morgan fingerprint density at radius 3 is 2.58 bits per heavy atom. The van der Waals surface area contributed by atoms with Crippen LogP contribution < -0.4 is 4.90 Å². The number of halogens is 2. The van der Waals surface area contributed by atoms with E-state index in [0.29, 0.717) is 48.2 Å². The molecule has 1 atom stereocenters. The molecule has 5 nitrogen and oxygen atoms in total. The van der Waals surface area contributed by atoms with E-state index in [0.717, 1.165) is 35.1 Å². The number of hydrogen-bond donors (Lipinski definition) is 1. The van der Waals surface area contributed by atoms with Crippen LogP contribution in [0.4, 0.5) is 10.2 Å². The van der Waals surface area contributed by atoms with Gasteiger partial charge in [0.15, 0.2) is 0 Å². The van der Waals surface area contributed by atoms with Crippen LogP contribution in [0.25, 0.3) is 22.0 Å². The molecule has 0 radical (unpaired) electrons. The Balaban J connectivity index is 1.50. The van der Waals surface area contributed by atoms with Crippen molar-refractivity contribution < 1.29 is 9.50 Å². The second kappa shape index (κ2) is 8.19. The molecular formula is C24H24ClFN4O. The maximum absolute atomic E-state index is 14.7. The van der Waals surface area contributed by atoms with Crippen LogP contribution in [0.3, 0.4) is 0 Å². The van der Waals surface area contributed by atoms with E-state index in [4.69, 9.17) is 11.6 Å². The van der Waals surface area contributed by atoms with Gasteiger partial charge in [-0.2, -0.15) is 0 Å². The smallest absolute Gasteiger partial charge is 0.140 e. The molecule has 1 aliphatic heterocycles. The molecule has 160 valence electrons. The summed E-state index contributed by atoms with van der Waals surface area (Å²) in [5.41, 5.74) is 3.06. The first kappa shape index (κ1) is 20.4. The summed E-state index contributed by atoms with van der Waals surface area (Å²) in [5, 5.41) is 11.3. The molecule has 1 saturated carbocycles. The lowest BCUT2D eigenvalue weighted by Crippen LogP contribution is -2.50. The normalized spacial score (nSPS) is 18.4. The predicted octanol–water partition coefficient (Wildman–Crippen LogP) is 4.59. The number of rotatable bonds is 5. The maximum Gasteiger partial charge on any atom is 0.140 e. The van der Waals surface area contributed by atoms with E-state index < -0.39 is 6.23 Å². The Bertz CT molecular complexity index is 1140. The molecule has 5 rings (SSSR count). The van der Waals surface area contributed by atoms with E-state index in [1.165, 1.54) is 18.5 Å². The van der Waals surface area contributed by atoms with Crippen molar-refractivity contribution in [1.82, 2.24) is 14.9 Å². The number of benzene rings is 2. The molecule has 1 aliphatic carbocycles. The van der Waals surface area contributed by atoms with Gasteiger partial charge in [0.05, 0.1) is 5.52 Å². The standard InChI is InChI=1S/C24H24ClFN4O/c1-2-23(31)29-7-9-30(10-8-29)24-19-12-20(25)17(13-22(19)27-14-28-24)18-11-16(15-3-4-15)5-6-21(18)26/h2,5-6,11-15,23,31H,1,3-4,7-10H2. The summed E-state index contributed by atoms with van der Waals surface area (Å²) >= 11 is 6.66. The molecule has 1 unspecified atom stereocenters. The predicted molar refractivity (Wildman–Crippen MR) is 122 cm³/mol. The van der Waals surface area contributed by atoms with Gasteiger partial charge in [-0.1, -0.05) is 24.2 Å². The van der Waals surface area contributed by atoms with Crippen LogP contribution in [0.15, 0.2) is 49.3 Å². The van der Waals surface area contributed by atoms with Gasteiger partial charge < -0.3 is 10.0 Å². The highest BCUT2D eigenvalue weighted by Gasteiger charge is 2.26. The van der Waals surface area contributed by atoms with Crippen LogP contribution in [-0.4, -0.2) is 52.4 Å². The minimum absolute atomic E-state index is 0.281. The largest absolute Gasteiger partial charge is 0.375 e. The van der Waals surface area contributed by atoms with Crippen molar-refractivity contribution in [2.75, 3.05) is 31.1 Å². The average molecular weight is 439 g/mol. The molecule has 1 aromatic heterocycles. The lowest BCUT2D eigenvalue weighted by atomic mass is 9.99. The Kier molecular flexibility index (Phi) is 5.38. The van der Waals surface area contributed by atoms with Crippen LogP contribution >= 0.6 is 11.6 Å². The third-order valence-electron chi connectivity index (χ3n) is 6.23. The zero-order valence-corrected chi connectivity index (χ0v) is 17.9. The molecule has 0 amide bonds. The number of aliphatic hydroxyl groups excluding tert-OH is 1. The highest BCUT2D eigenvalue weighted by Crippen LogP contribution is 2.43. The van der Waals surface area contributed by atoms with E-state index >= 15 is 0 Å². The molecule has 1 N–H and O–H groups in total. The van der Waals surface area contributed by atoms with E-state index in [-0.39, 0.29) is 5.82 Å². The summed E-state index contributed by atoms with van der Waals surface area (Å²) in [5.74, 6) is 1.06. The number of piperazine rings is 1. The first-order chi connectivity index (χ1) is 15.0. The summed E-state index contributed by atoms with van der Waals surface area (Å²) < 4.78 is 14.7. The topological polar surface area (TPSA) is 52.5 Å². The number of anilines is 1. The fourth-order valence-corrected chi connectivity index (χ4v) is 4.55. The Hall–Kier alpha value is -2.54. The number of hydrogen-bond acceptors (Lipinski definition) is 5. The van der Waals surface area contributed by atoms with Gasteiger partial charge in [0.1, 0.15) is 24.2 Å². The summed E-state index contributed by atoms with van der Waals surface area (Å²) in [7, 11) is 0. The molecule has 0 bridgehead atoms. The van der Waals surface area contributed by atoms with Crippen molar-refractivity contribution in [2.45, 2.75) is 25.0 Å². The lowest BCUT2D eigenvalue weighted by Gasteiger charge is -2.37. The van der Waals surface area contributed by atoms with Crippen molar-refractivity contribution in [1.29, 1.82) is 0 Å². The molecule has 7 heteroatoms. The van der Waals surface area contributed by atoms with Crippen molar-refractivity contribution in [2.24, 2.45) is 0 Å².